The number of aliphatic hydroxyl groups is 1. The van der Waals surface area contributed by atoms with Crippen molar-refractivity contribution in [3.8, 4) is 0 Å². The summed E-state index contributed by atoms with van der Waals surface area (Å²) in [7, 11) is 0. The summed E-state index contributed by atoms with van der Waals surface area (Å²) in [6.07, 6.45) is 19.5. The third-order valence-electron chi connectivity index (χ3n) is 9.62. The summed E-state index contributed by atoms with van der Waals surface area (Å²) in [5, 5.41) is 9.16. The lowest BCUT2D eigenvalue weighted by atomic mass is 9.66. The van der Waals surface area contributed by atoms with E-state index in [1.165, 1.54) is 89.9 Å². The van der Waals surface area contributed by atoms with Gasteiger partial charge in [-0.15, -0.1) is 0 Å². The summed E-state index contributed by atoms with van der Waals surface area (Å²) in [6.45, 7) is 15.7. The van der Waals surface area contributed by atoms with Crippen molar-refractivity contribution in [1.82, 2.24) is 0 Å². The summed E-state index contributed by atoms with van der Waals surface area (Å²) in [5.41, 5.74) is 0.568. The van der Waals surface area contributed by atoms with Gasteiger partial charge < -0.3 is 9.84 Å². The third kappa shape index (κ3) is 8.94. The van der Waals surface area contributed by atoms with Crippen LogP contribution >= 0.6 is 0 Å². The maximum atomic E-state index is 9.16. The van der Waals surface area contributed by atoms with Crippen LogP contribution < -0.4 is 0 Å². The fraction of sp³-hybridized carbons (Fsp3) is 1.00. The molecule has 0 unspecified atom stereocenters. The minimum absolute atomic E-state index is 0.154. The molecule has 2 saturated carbocycles. The Morgan fingerprint density at radius 2 is 1.62 bits per heavy atom. The Morgan fingerprint density at radius 1 is 0.906 bits per heavy atom. The van der Waals surface area contributed by atoms with Crippen LogP contribution in [0.3, 0.4) is 0 Å². The van der Waals surface area contributed by atoms with Crippen molar-refractivity contribution in [2.45, 2.75) is 138 Å². The molecule has 1 N–H and O–H groups in total. The first-order valence-corrected chi connectivity index (χ1v) is 14.5. The maximum Gasteiger partial charge on any atom is 0.0701 e. The monoisotopic (exact) mass is 450 g/mol. The smallest absolute Gasteiger partial charge is 0.0701 e. The second-order valence-electron chi connectivity index (χ2n) is 12.7. The van der Waals surface area contributed by atoms with E-state index in [4.69, 9.17) is 9.84 Å². The van der Waals surface area contributed by atoms with Crippen molar-refractivity contribution < 1.29 is 9.84 Å². The quantitative estimate of drug-likeness (QED) is 0.341. The van der Waals surface area contributed by atoms with Gasteiger partial charge >= 0.3 is 0 Å². The molecule has 0 spiro atoms. The van der Waals surface area contributed by atoms with Crippen LogP contribution in [0.15, 0.2) is 0 Å². The van der Waals surface area contributed by atoms with Crippen molar-refractivity contribution in [3.05, 3.63) is 0 Å². The van der Waals surface area contributed by atoms with Crippen LogP contribution in [0.1, 0.15) is 131 Å². The Labute approximate surface area is 201 Å². The van der Waals surface area contributed by atoms with Crippen LogP contribution in [0, 0.1) is 40.9 Å². The van der Waals surface area contributed by atoms with E-state index in [0.717, 1.165) is 35.5 Å². The van der Waals surface area contributed by atoms with E-state index < -0.39 is 0 Å². The molecule has 2 aliphatic rings. The molecular formula is C30H58O2. The first-order chi connectivity index (χ1) is 15.3. The topological polar surface area (TPSA) is 29.5 Å². The van der Waals surface area contributed by atoms with E-state index in [1.54, 1.807) is 0 Å². The second kappa shape index (κ2) is 14.3. The van der Waals surface area contributed by atoms with E-state index in [-0.39, 0.29) is 6.61 Å². The Kier molecular flexibility index (Phi) is 12.6. The zero-order valence-corrected chi connectivity index (χ0v) is 22.7. The Balaban J connectivity index is 1.94. The van der Waals surface area contributed by atoms with Crippen LogP contribution in [0.2, 0.25) is 0 Å². The van der Waals surface area contributed by atoms with Gasteiger partial charge in [-0.3, -0.25) is 0 Å². The standard InChI is InChI=1S/C30H58O2/c1-23(2)11-9-13-26(5)29-15-10-19-30(29,6)20-18-28-24(3)12-7-8-14-27(32-22-21-31)17-16-25(28)4/h23-29,31H,7-22H2,1-6H3/t24-,25+,26-,27-,28+,29-,30-/m1/s1. The molecule has 190 valence electrons. The van der Waals surface area contributed by atoms with E-state index in [1.807, 2.05) is 0 Å². The normalized spacial score (nSPS) is 35.8. The fourth-order valence-corrected chi connectivity index (χ4v) is 7.46. The Morgan fingerprint density at radius 3 is 2.34 bits per heavy atom. The SMILES string of the molecule is CC(C)CCC[C@@H](C)[C@H]1CCC[C@]1(C)CC[C@H]1[C@H](C)CCCC[C@@H](OCCO)CC[C@@H]1C. The van der Waals surface area contributed by atoms with Gasteiger partial charge in [0.05, 0.1) is 19.3 Å². The average Bonchev–Trinajstić information content (AvgIpc) is 3.13. The Hall–Kier alpha value is -0.0800. The van der Waals surface area contributed by atoms with Crippen LogP contribution in [0.25, 0.3) is 0 Å². The summed E-state index contributed by atoms with van der Waals surface area (Å²) in [4.78, 5) is 0. The molecule has 2 nitrogen and oxygen atoms in total. The van der Waals surface area contributed by atoms with Crippen LogP contribution in [-0.2, 0) is 4.74 Å². The minimum atomic E-state index is 0.154. The van der Waals surface area contributed by atoms with Gasteiger partial charge in [0.15, 0.2) is 0 Å². The number of hydrogen-bond acceptors (Lipinski definition) is 2. The minimum Gasteiger partial charge on any atom is -0.394 e. The lowest BCUT2D eigenvalue weighted by Gasteiger charge is -2.39. The van der Waals surface area contributed by atoms with Crippen LogP contribution in [0.5, 0.6) is 0 Å². The highest BCUT2D eigenvalue weighted by molar-refractivity contribution is 4.92. The molecule has 0 saturated heterocycles. The maximum absolute atomic E-state index is 9.16. The van der Waals surface area contributed by atoms with Gasteiger partial charge in [-0.05, 0) is 85.9 Å². The zero-order valence-electron chi connectivity index (χ0n) is 22.7. The van der Waals surface area contributed by atoms with Crippen LogP contribution in [0.4, 0.5) is 0 Å². The second-order valence-corrected chi connectivity index (χ2v) is 12.7. The molecule has 2 aliphatic carbocycles. The molecule has 0 aromatic rings. The summed E-state index contributed by atoms with van der Waals surface area (Å²) in [5.74, 6) is 5.19. The molecule has 7 atom stereocenters. The first-order valence-electron chi connectivity index (χ1n) is 14.5. The van der Waals surface area contributed by atoms with Gasteiger partial charge in [0.1, 0.15) is 0 Å². The van der Waals surface area contributed by atoms with E-state index in [2.05, 4.69) is 41.5 Å². The highest BCUT2D eigenvalue weighted by atomic mass is 16.5. The van der Waals surface area contributed by atoms with Crippen molar-refractivity contribution in [2.75, 3.05) is 13.2 Å². The zero-order chi connectivity index (χ0) is 23.6. The van der Waals surface area contributed by atoms with Crippen molar-refractivity contribution in [3.63, 3.8) is 0 Å². The number of rotatable bonds is 11. The van der Waals surface area contributed by atoms with Crippen molar-refractivity contribution in [2.24, 2.45) is 40.9 Å². The van der Waals surface area contributed by atoms with E-state index >= 15 is 0 Å². The predicted molar refractivity (Wildman–Crippen MR) is 139 cm³/mol. The van der Waals surface area contributed by atoms with E-state index in [0.29, 0.717) is 18.1 Å². The number of aliphatic hydroxyl groups excluding tert-OH is 1. The highest BCUT2D eigenvalue weighted by Crippen LogP contribution is 2.52. The summed E-state index contributed by atoms with van der Waals surface area (Å²) in [6, 6.07) is 0. The molecule has 0 bridgehead atoms. The third-order valence-corrected chi connectivity index (χ3v) is 9.62. The number of hydrogen-bond donors (Lipinski definition) is 1. The molecule has 0 amide bonds. The molecule has 0 radical (unpaired) electrons. The molecule has 0 heterocycles. The molecule has 32 heavy (non-hydrogen) atoms. The average molecular weight is 451 g/mol. The summed E-state index contributed by atoms with van der Waals surface area (Å²) >= 11 is 0. The summed E-state index contributed by atoms with van der Waals surface area (Å²) < 4.78 is 5.97. The van der Waals surface area contributed by atoms with Crippen molar-refractivity contribution in [1.29, 1.82) is 0 Å². The van der Waals surface area contributed by atoms with E-state index in [9.17, 15) is 0 Å². The lowest BCUT2D eigenvalue weighted by molar-refractivity contribution is 0.00948. The highest BCUT2D eigenvalue weighted by Gasteiger charge is 2.41. The molecule has 2 heteroatoms. The molecule has 0 aromatic carbocycles. The largest absolute Gasteiger partial charge is 0.394 e. The van der Waals surface area contributed by atoms with Gasteiger partial charge in [0.2, 0.25) is 0 Å². The fourth-order valence-electron chi connectivity index (χ4n) is 7.46. The van der Waals surface area contributed by atoms with Crippen molar-refractivity contribution >= 4 is 0 Å². The van der Waals surface area contributed by atoms with Gasteiger partial charge in [-0.2, -0.15) is 0 Å². The molecule has 0 aliphatic heterocycles. The Bertz CT molecular complexity index is 489. The molecular weight excluding hydrogens is 392 g/mol. The first kappa shape index (κ1) is 28.2. The van der Waals surface area contributed by atoms with Gasteiger partial charge in [0.25, 0.3) is 0 Å². The molecule has 2 fully saturated rings. The molecule has 2 rings (SSSR count). The number of ether oxygens (including phenoxy) is 1. The van der Waals surface area contributed by atoms with Gasteiger partial charge in [-0.25, -0.2) is 0 Å². The predicted octanol–water partition coefficient (Wildman–Crippen LogP) is 8.66. The van der Waals surface area contributed by atoms with Gasteiger partial charge in [0, 0.05) is 0 Å². The van der Waals surface area contributed by atoms with Crippen LogP contribution in [-0.4, -0.2) is 24.4 Å². The van der Waals surface area contributed by atoms with Gasteiger partial charge in [-0.1, -0.05) is 86.5 Å². The lowest BCUT2D eigenvalue weighted by Crippen LogP contribution is -2.30. The molecule has 0 aromatic heterocycles.